The van der Waals surface area contributed by atoms with E-state index in [1.165, 1.54) is 11.4 Å². The van der Waals surface area contributed by atoms with Crippen LogP contribution in [0.5, 0.6) is 11.5 Å². The molecule has 0 unspecified atom stereocenters. The lowest BCUT2D eigenvalue weighted by atomic mass is 9.97. The highest BCUT2D eigenvalue weighted by Gasteiger charge is 2.31. The largest absolute Gasteiger partial charge is 0.504 e. The number of nitrogens with zero attached hydrogens (tertiary/aromatic N) is 1. The van der Waals surface area contributed by atoms with Crippen LogP contribution in [-0.4, -0.2) is 43.9 Å². The van der Waals surface area contributed by atoms with Crippen molar-refractivity contribution in [1.29, 1.82) is 0 Å². The van der Waals surface area contributed by atoms with Gasteiger partial charge < -0.3 is 15.2 Å². The summed E-state index contributed by atoms with van der Waals surface area (Å²) in [6.45, 7) is 2.83. The van der Waals surface area contributed by atoms with Gasteiger partial charge in [0.25, 0.3) is 0 Å². The fourth-order valence-electron chi connectivity index (χ4n) is 3.40. The van der Waals surface area contributed by atoms with Crippen molar-refractivity contribution in [2.75, 3.05) is 20.2 Å². The molecule has 0 aliphatic carbocycles. The van der Waals surface area contributed by atoms with Gasteiger partial charge in [0.15, 0.2) is 11.5 Å². The molecule has 0 saturated carbocycles. The summed E-state index contributed by atoms with van der Waals surface area (Å²) in [6, 6.07) is 11.8. The first-order valence-electron chi connectivity index (χ1n) is 9.51. The quantitative estimate of drug-likeness (QED) is 0.751. The minimum absolute atomic E-state index is 0.0221. The number of nitrogens with one attached hydrogen (secondary N) is 1. The van der Waals surface area contributed by atoms with Gasteiger partial charge in [-0.05, 0) is 49.6 Å². The van der Waals surface area contributed by atoms with Crippen molar-refractivity contribution >= 4 is 15.9 Å². The first kappa shape index (κ1) is 21.1. The van der Waals surface area contributed by atoms with Crippen LogP contribution in [0.25, 0.3) is 0 Å². The number of hydrogen-bond acceptors (Lipinski definition) is 5. The van der Waals surface area contributed by atoms with Gasteiger partial charge in [-0.2, -0.15) is 4.31 Å². The number of hydrogen-bond donors (Lipinski definition) is 2. The second-order valence-corrected chi connectivity index (χ2v) is 9.15. The van der Waals surface area contributed by atoms with Crippen molar-refractivity contribution in [2.24, 2.45) is 5.92 Å². The summed E-state index contributed by atoms with van der Waals surface area (Å²) < 4.78 is 32.0. The highest BCUT2D eigenvalue weighted by atomic mass is 32.2. The molecule has 0 atom stereocenters. The lowest BCUT2D eigenvalue weighted by Gasteiger charge is -2.30. The second kappa shape index (κ2) is 8.84. The summed E-state index contributed by atoms with van der Waals surface area (Å²) in [6.07, 6.45) is 0.954. The first-order valence-corrected chi connectivity index (χ1v) is 11.0. The van der Waals surface area contributed by atoms with Crippen molar-refractivity contribution in [1.82, 2.24) is 9.62 Å². The smallest absolute Gasteiger partial charge is 0.243 e. The normalized spacial score (nSPS) is 15.8. The van der Waals surface area contributed by atoms with E-state index in [1.54, 1.807) is 42.5 Å². The number of aryl methyl sites for hydroxylation is 1. The minimum Gasteiger partial charge on any atom is -0.504 e. The molecule has 2 aromatic rings. The maximum Gasteiger partial charge on any atom is 0.243 e. The molecule has 0 radical (unpaired) electrons. The molecule has 3 rings (SSSR count). The molecule has 1 aliphatic rings. The molecule has 1 saturated heterocycles. The fourth-order valence-corrected chi connectivity index (χ4v) is 4.87. The zero-order chi connectivity index (χ0) is 21.0. The Kier molecular flexibility index (Phi) is 6.44. The third-order valence-corrected chi connectivity index (χ3v) is 7.11. The van der Waals surface area contributed by atoms with E-state index < -0.39 is 10.0 Å². The number of piperidine rings is 1. The van der Waals surface area contributed by atoms with E-state index in [9.17, 15) is 18.3 Å². The Hall–Kier alpha value is -2.58. The Morgan fingerprint density at radius 1 is 1.17 bits per heavy atom. The second-order valence-electron chi connectivity index (χ2n) is 7.22. The van der Waals surface area contributed by atoms with Gasteiger partial charge in [-0.3, -0.25) is 4.79 Å². The highest BCUT2D eigenvalue weighted by molar-refractivity contribution is 7.89. The van der Waals surface area contributed by atoms with Crippen LogP contribution in [0.1, 0.15) is 24.0 Å². The first-order chi connectivity index (χ1) is 13.8. The van der Waals surface area contributed by atoms with Crippen LogP contribution < -0.4 is 10.1 Å². The molecule has 8 heteroatoms. The standard InChI is InChI=1S/C21H26N2O5S/c1-15-3-6-18(7-4-15)29(26,27)23-11-9-17(10-12-23)21(25)22-14-16-5-8-20(28-2)19(24)13-16/h3-8,13,17,24H,9-12,14H2,1-2H3,(H,22,25). The summed E-state index contributed by atoms with van der Waals surface area (Å²) in [5.74, 6) is 0.0649. The van der Waals surface area contributed by atoms with E-state index in [0.29, 0.717) is 31.7 Å². The molecule has 7 nitrogen and oxygen atoms in total. The third kappa shape index (κ3) is 4.89. The zero-order valence-corrected chi connectivity index (χ0v) is 17.4. The van der Waals surface area contributed by atoms with E-state index >= 15 is 0 Å². The maximum atomic E-state index is 12.8. The van der Waals surface area contributed by atoms with Crippen molar-refractivity contribution in [3.05, 3.63) is 53.6 Å². The Labute approximate surface area is 171 Å². The SMILES string of the molecule is COc1ccc(CNC(=O)C2CCN(S(=O)(=O)c3ccc(C)cc3)CC2)cc1O. The molecule has 1 amide bonds. The number of methoxy groups -OCH3 is 1. The molecule has 29 heavy (non-hydrogen) atoms. The van der Waals surface area contributed by atoms with Crippen molar-refractivity contribution in [2.45, 2.75) is 31.2 Å². The number of ether oxygens (including phenoxy) is 1. The van der Waals surface area contributed by atoms with Crippen LogP contribution in [0.2, 0.25) is 0 Å². The number of amides is 1. The van der Waals surface area contributed by atoms with Gasteiger partial charge >= 0.3 is 0 Å². The number of phenolic OH excluding ortho intramolecular Hbond substituents is 1. The zero-order valence-electron chi connectivity index (χ0n) is 16.6. The van der Waals surface area contributed by atoms with Crippen LogP contribution in [0, 0.1) is 12.8 Å². The van der Waals surface area contributed by atoms with Gasteiger partial charge in [-0.1, -0.05) is 23.8 Å². The van der Waals surface area contributed by atoms with Gasteiger partial charge in [0.2, 0.25) is 15.9 Å². The van der Waals surface area contributed by atoms with Gasteiger partial charge in [0, 0.05) is 25.6 Å². The number of sulfonamides is 1. The lowest BCUT2D eigenvalue weighted by molar-refractivity contribution is -0.126. The molecule has 0 bridgehead atoms. The molecule has 0 spiro atoms. The Bertz CT molecular complexity index is 965. The summed E-state index contributed by atoms with van der Waals surface area (Å²) >= 11 is 0. The average Bonchev–Trinajstić information content (AvgIpc) is 2.72. The van der Waals surface area contributed by atoms with Crippen LogP contribution in [-0.2, 0) is 21.4 Å². The monoisotopic (exact) mass is 418 g/mol. The third-order valence-electron chi connectivity index (χ3n) is 5.19. The topological polar surface area (TPSA) is 95.9 Å². The Morgan fingerprint density at radius 3 is 2.41 bits per heavy atom. The number of carbonyl (C=O) groups is 1. The Balaban J connectivity index is 1.54. The van der Waals surface area contributed by atoms with E-state index in [4.69, 9.17) is 4.74 Å². The highest BCUT2D eigenvalue weighted by Crippen LogP contribution is 2.27. The van der Waals surface area contributed by atoms with Crippen molar-refractivity contribution in [3.63, 3.8) is 0 Å². The van der Waals surface area contributed by atoms with E-state index in [-0.39, 0.29) is 29.0 Å². The molecule has 2 N–H and O–H groups in total. The molecule has 2 aromatic carbocycles. The Morgan fingerprint density at radius 2 is 1.83 bits per heavy atom. The van der Waals surface area contributed by atoms with Crippen LogP contribution in [0.15, 0.2) is 47.4 Å². The number of carbonyl (C=O) groups excluding carboxylic acids is 1. The minimum atomic E-state index is -3.53. The van der Waals surface area contributed by atoms with E-state index in [0.717, 1.165) is 11.1 Å². The predicted octanol–water partition coefficient (Wildman–Crippen LogP) is 2.43. The van der Waals surface area contributed by atoms with Crippen LogP contribution in [0.4, 0.5) is 0 Å². The molecule has 0 aromatic heterocycles. The number of rotatable bonds is 6. The number of phenols is 1. The summed E-state index contributed by atoms with van der Waals surface area (Å²) in [5.41, 5.74) is 1.76. The van der Waals surface area contributed by atoms with Gasteiger partial charge in [-0.15, -0.1) is 0 Å². The summed E-state index contributed by atoms with van der Waals surface area (Å²) in [5, 5.41) is 12.7. The molecular weight excluding hydrogens is 392 g/mol. The molecule has 156 valence electrons. The van der Waals surface area contributed by atoms with Crippen molar-refractivity contribution in [3.8, 4) is 11.5 Å². The van der Waals surface area contributed by atoms with Crippen molar-refractivity contribution < 1.29 is 23.1 Å². The fraction of sp³-hybridized carbons (Fsp3) is 0.381. The number of benzene rings is 2. The summed E-state index contributed by atoms with van der Waals surface area (Å²) in [4.78, 5) is 12.8. The molecule has 1 aliphatic heterocycles. The molecular formula is C21H26N2O5S. The number of aromatic hydroxyl groups is 1. The van der Waals surface area contributed by atoms with E-state index in [2.05, 4.69) is 5.32 Å². The summed E-state index contributed by atoms with van der Waals surface area (Å²) in [7, 11) is -2.06. The van der Waals surface area contributed by atoms with Crippen LogP contribution in [0.3, 0.4) is 0 Å². The van der Waals surface area contributed by atoms with Gasteiger partial charge in [-0.25, -0.2) is 8.42 Å². The predicted molar refractivity (Wildman–Crippen MR) is 109 cm³/mol. The van der Waals surface area contributed by atoms with Gasteiger partial charge in [0.05, 0.1) is 12.0 Å². The maximum absolute atomic E-state index is 12.8. The lowest BCUT2D eigenvalue weighted by Crippen LogP contribution is -2.42. The molecule has 1 heterocycles. The van der Waals surface area contributed by atoms with Gasteiger partial charge in [0.1, 0.15) is 0 Å². The van der Waals surface area contributed by atoms with Crippen LogP contribution >= 0.6 is 0 Å². The molecule has 1 fully saturated rings. The average molecular weight is 419 g/mol. The van der Waals surface area contributed by atoms with E-state index in [1.807, 2.05) is 6.92 Å².